The molecule has 1 aromatic heterocycles. The van der Waals surface area contributed by atoms with E-state index in [2.05, 4.69) is 31.5 Å². The van der Waals surface area contributed by atoms with Crippen molar-refractivity contribution in [2.45, 2.75) is 6.92 Å². The number of hydrogen-bond acceptors (Lipinski definition) is 4. The first-order chi connectivity index (χ1) is 10.1. The molecule has 0 aliphatic rings. The Balaban J connectivity index is 2.17. The van der Waals surface area contributed by atoms with E-state index in [9.17, 15) is 0 Å². The van der Waals surface area contributed by atoms with Crippen molar-refractivity contribution in [3.05, 3.63) is 51.5 Å². The smallest absolute Gasteiger partial charge is 0.187 e. The van der Waals surface area contributed by atoms with Gasteiger partial charge in [0, 0.05) is 10.0 Å². The third-order valence-corrected chi connectivity index (χ3v) is 3.96. The van der Waals surface area contributed by atoms with Crippen LogP contribution in [0.15, 0.2) is 40.9 Å². The monoisotopic (exact) mass is 363 g/mol. The molecule has 0 amide bonds. The Morgan fingerprint density at radius 1 is 1.19 bits per heavy atom. The molecule has 1 heterocycles. The molecule has 2 N–H and O–H groups in total. The molecule has 0 atom stereocenters. The summed E-state index contributed by atoms with van der Waals surface area (Å²) in [6.07, 6.45) is 0. The van der Waals surface area contributed by atoms with Crippen LogP contribution in [0.25, 0.3) is 17.1 Å². The fraction of sp³-hybridized carbons (Fsp3) is 0.0714. The molecule has 3 aromatic rings. The number of tetrazole rings is 1. The lowest BCUT2D eigenvalue weighted by Gasteiger charge is -2.09. The van der Waals surface area contributed by atoms with Gasteiger partial charge >= 0.3 is 0 Å². The summed E-state index contributed by atoms with van der Waals surface area (Å²) < 4.78 is 2.64. The number of nitrogen functional groups attached to an aromatic ring is 1. The Morgan fingerprint density at radius 3 is 2.76 bits per heavy atom. The number of hydrogen-bond donors (Lipinski definition) is 1. The van der Waals surface area contributed by atoms with E-state index < -0.39 is 0 Å². The number of nitrogens with two attached hydrogens (primary N) is 1. The zero-order valence-electron chi connectivity index (χ0n) is 11.1. The molecule has 5 nitrogen and oxygen atoms in total. The SMILES string of the molecule is Cc1ccc(Br)cc1-n1nnnc1-c1ccc(Cl)c(N)c1. The van der Waals surface area contributed by atoms with E-state index in [-0.39, 0.29) is 0 Å². The van der Waals surface area contributed by atoms with E-state index in [1.54, 1.807) is 16.8 Å². The van der Waals surface area contributed by atoms with Gasteiger partial charge in [0.05, 0.1) is 16.4 Å². The topological polar surface area (TPSA) is 69.6 Å². The van der Waals surface area contributed by atoms with E-state index in [1.807, 2.05) is 31.2 Å². The number of anilines is 1. The second-order valence-corrected chi connectivity index (χ2v) is 5.90. The number of aromatic nitrogens is 4. The third kappa shape index (κ3) is 2.64. The van der Waals surface area contributed by atoms with E-state index in [1.165, 1.54) is 0 Å². The van der Waals surface area contributed by atoms with Gasteiger partial charge in [-0.05, 0) is 53.2 Å². The molecular weight excluding hydrogens is 354 g/mol. The Morgan fingerprint density at radius 2 is 2.00 bits per heavy atom. The summed E-state index contributed by atoms with van der Waals surface area (Å²) >= 11 is 9.42. The van der Waals surface area contributed by atoms with Gasteiger partial charge in [-0.3, -0.25) is 0 Å². The van der Waals surface area contributed by atoms with Crippen LogP contribution in [0.2, 0.25) is 5.02 Å². The van der Waals surface area contributed by atoms with Crippen LogP contribution in [0.1, 0.15) is 5.56 Å². The molecule has 0 aliphatic carbocycles. The van der Waals surface area contributed by atoms with Gasteiger partial charge in [-0.15, -0.1) is 5.10 Å². The second-order valence-electron chi connectivity index (χ2n) is 4.58. The molecule has 0 aliphatic heterocycles. The minimum atomic E-state index is 0.495. The molecule has 0 fully saturated rings. The van der Waals surface area contributed by atoms with Gasteiger partial charge in [-0.2, -0.15) is 4.68 Å². The Kier molecular flexibility index (Phi) is 3.65. The molecule has 7 heteroatoms. The Labute approximate surface area is 134 Å². The largest absolute Gasteiger partial charge is 0.398 e. The summed E-state index contributed by atoms with van der Waals surface area (Å²) in [6.45, 7) is 2.00. The molecule has 106 valence electrons. The van der Waals surface area contributed by atoms with Gasteiger partial charge in [0.1, 0.15) is 0 Å². The number of benzene rings is 2. The fourth-order valence-corrected chi connectivity index (χ4v) is 2.49. The van der Waals surface area contributed by atoms with Gasteiger partial charge in [-0.25, -0.2) is 0 Å². The van der Waals surface area contributed by atoms with Crippen LogP contribution in [0.3, 0.4) is 0 Å². The summed E-state index contributed by atoms with van der Waals surface area (Å²) in [6, 6.07) is 11.3. The van der Waals surface area contributed by atoms with Crippen LogP contribution in [-0.2, 0) is 0 Å². The van der Waals surface area contributed by atoms with E-state index in [0.29, 0.717) is 16.5 Å². The average Bonchev–Trinajstić information content (AvgIpc) is 2.93. The predicted octanol–water partition coefficient (Wildman–Crippen LogP) is 3.64. The summed E-state index contributed by atoms with van der Waals surface area (Å²) in [4.78, 5) is 0. The first-order valence-electron chi connectivity index (χ1n) is 6.16. The van der Waals surface area contributed by atoms with Crippen LogP contribution in [-0.4, -0.2) is 20.2 Å². The average molecular weight is 365 g/mol. The molecular formula is C14H11BrClN5. The molecule has 21 heavy (non-hydrogen) atoms. The summed E-state index contributed by atoms with van der Waals surface area (Å²) in [5, 5.41) is 12.5. The normalized spacial score (nSPS) is 10.8. The molecule has 0 unspecified atom stereocenters. The molecule has 3 rings (SSSR count). The zero-order valence-corrected chi connectivity index (χ0v) is 13.4. The minimum absolute atomic E-state index is 0.495. The summed E-state index contributed by atoms with van der Waals surface area (Å²) in [7, 11) is 0. The first kappa shape index (κ1) is 14.0. The van der Waals surface area contributed by atoms with Gasteiger partial charge in [-0.1, -0.05) is 33.6 Å². The molecule has 0 radical (unpaired) electrons. The van der Waals surface area contributed by atoms with Crippen molar-refractivity contribution in [3.63, 3.8) is 0 Å². The highest BCUT2D eigenvalue weighted by Gasteiger charge is 2.13. The maximum Gasteiger partial charge on any atom is 0.187 e. The number of nitrogens with zero attached hydrogens (tertiary/aromatic N) is 4. The van der Waals surface area contributed by atoms with Crippen molar-refractivity contribution in [2.24, 2.45) is 0 Å². The number of halogens is 2. The van der Waals surface area contributed by atoms with Gasteiger partial charge in [0.2, 0.25) is 0 Å². The fourth-order valence-electron chi connectivity index (χ4n) is 2.02. The lowest BCUT2D eigenvalue weighted by molar-refractivity contribution is 0.787. The lowest BCUT2D eigenvalue weighted by atomic mass is 10.1. The minimum Gasteiger partial charge on any atom is -0.398 e. The highest BCUT2D eigenvalue weighted by atomic mass is 79.9. The van der Waals surface area contributed by atoms with E-state index in [4.69, 9.17) is 17.3 Å². The maximum atomic E-state index is 5.96. The van der Waals surface area contributed by atoms with E-state index >= 15 is 0 Å². The number of aryl methyl sites for hydroxylation is 1. The number of rotatable bonds is 2. The summed E-state index contributed by atoms with van der Waals surface area (Å²) in [5.41, 5.74) is 9.12. The van der Waals surface area contributed by atoms with Gasteiger partial charge < -0.3 is 5.73 Å². The molecule has 0 saturated carbocycles. The highest BCUT2D eigenvalue weighted by molar-refractivity contribution is 9.10. The Hall–Kier alpha value is -1.92. The second kappa shape index (κ2) is 5.46. The van der Waals surface area contributed by atoms with Gasteiger partial charge in [0.25, 0.3) is 0 Å². The predicted molar refractivity (Wildman–Crippen MR) is 86.4 cm³/mol. The molecule has 2 aromatic carbocycles. The first-order valence-corrected chi connectivity index (χ1v) is 7.33. The highest BCUT2D eigenvalue weighted by Crippen LogP contribution is 2.28. The van der Waals surface area contributed by atoms with Crippen LogP contribution in [0, 0.1) is 6.92 Å². The molecule has 0 spiro atoms. The molecule has 0 saturated heterocycles. The van der Waals surface area contributed by atoms with Crippen molar-refractivity contribution in [1.29, 1.82) is 0 Å². The van der Waals surface area contributed by atoms with Gasteiger partial charge in [0.15, 0.2) is 5.82 Å². The van der Waals surface area contributed by atoms with Crippen molar-refractivity contribution < 1.29 is 0 Å². The van der Waals surface area contributed by atoms with Crippen LogP contribution in [0.5, 0.6) is 0 Å². The third-order valence-electron chi connectivity index (χ3n) is 3.12. The van der Waals surface area contributed by atoms with Crippen LogP contribution >= 0.6 is 27.5 Å². The van der Waals surface area contributed by atoms with Crippen molar-refractivity contribution in [3.8, 4) is 17.1 Å². The van der Waals surface area contributed by atoms with Crippen molar-refractivity contribution in [1.82, 2.24) is 20.2 Å². The van der Waals surface area contributed by atoms with Crippen LogP contribution in [0.4, 0.5) is 5.69 Å². The quantitative estimate of drug-likeness (QED) is 0.705. The lowest BCUT2D eigenvalue weighted by Crippen LogP contribution is -2.02. The van der Waals surface area contributed by atoms with Crippen LogP contribution < -0.4 is 5.73 Å². The van der Waals surface area contributed by atoms with E-state index in [0.717, 1.165) is 21.3 Å². The standard InChI is InChI=1S/C14H11BrClN5/c1-8-2-4-10(15)7-13(8)21-14(18-19-20-21)9-3-5-11(16)12(17)6-9/h2-7H,17H2,1H3. The molecule has 0 bridgehead atoms. The maximum absolute atomic E-state index is 5.96. The Bertz CT molecular complexity index is 815. The zero-order chi connectivity index (χ0) is 15.0. The summed E-state index contributed by atoms with van der Waals surface area (Å²) in [5.74, 6) is 0.611. The van der Waals surface area contributed by atoms with Crippen molar-refractivity contribution >= 4 is 33.2 Å². The van der Waals surface area contributed by atoms with Crippen molar-refractivity contribution in [2.75, 3.05) is 5.73 Å².